The zero-order valence-electron chi connectivity index (χ0n) is 10.7. The van der Waals surface area contributed by atoms with Crippen molar-refractivity contribution < 1.29 is 9.53 Å². The average molecular weight is 250 g/mol. The molecule has 2 heterocycles. The van der Waals surface area contributed by atoms with Crippen molar-refractivity contribution in [2.24, 2.45) is 5.73 Å². The lowest BCUT2D eigenvalue weighted by molar-refractivity contribution is -0.153. The van der Waals surface area contributed by atoms with E-state index in [1.807, 2.05) is 13.0 Å². The maximum Gasteiger partial charge on any atom is 0.250 e. The molecule has 98 valence electrons. The molecule has 2 N–H and O–H groups in total. The number of carbonyl (C=O) groups is 1. The van der Waals surface area contributed by atoms with Gasteiger partial charge in [-0.15, -0.1) is 0 Å². The molecule has 0 saturated carbocycles. The first-order valence-electron chi connectivity index (χ1n) is 5.94. The van der Waals surface area contributed by atoms with Crippen molar-refractivity contribution >= 4 is 5.91 Å². The van der Waals surface area contributed by atoms with Crippen LogP contribution in [0.1, 0.15) is 18.4 Å². The summed E-state index contributed by atoms with van der Waals surface area (Å²) in [7, 11) is 0. The minimum atomic E-state index is -0.902. The molecule has 1 aromatic heterocycles. The smallest absolute Gasteiger partial charge is 0.250 e. The molecule has 6 heteroatoms. The van der Waals surface area contributed by atoms with Crippen LogP contribution < -0.4 is 5.73 Å². The fraction of sp³-hybridized carbons (Fsp3) is 0.583. The van der Waals surface area contributed by atoms with E-state index in [1.54, 1.807) is 13.1 Å². The van der Waals surface area contributed by atoms with Gasteiger partial charge in [0.2, 0.25) is 0 Å². The van der Waals surface area contributed by atoms with Crippen LogP contribution in [0.4, 0.5) is 0 Å². The maximum atomic E-state index is 11.4. The zero-order valence-corrected chi connectivity index (χ0v) is 10.7. The number of aromatic nitrogens is 2. The second-order valence-corrected chi connectivity index (χ2v) is 4.75. The Kier molecular flexibility index (Phi) is 3.58. The summed E-state index contributed by atoms with van der Waals surface area (Å²) in [5.74, 6) is 0.324. The Morgan fingerprint density at radius 2 is 2.44 bits per heavy atom. The predicted octanol–water partition coefficient (Wildman–Crippen LogP) is -0.139. The summed E-state index contributed by atoms with van der Waals surface area (Å²) < 4.78 is 5.47. The number of amides is 1. The van der Waals surface area contributed by atoms with Crippen molar-refractivity contribution in [2.75, 3.05) is 19.7 Å². The number of ether oxygens (including phenoxy) is 1. The molecule has 0 aliphatic carbocycles. The van der Waals surface area contributed by atoms with Gasteiger partial charge in [-0.25, -0.2) is 9.97 Å². The molecule has 1 aliphatic heterocycles. The molecule has 0 aromatic carbocycles. The van der Waals surface area contributed by atoms with Gasteiger partial charge in [-0.05, 0) is 19.9 Å². The number of carbonyl (C=O) groups excluding carboxylic acids is 1. The quantitative estimate of drug-likeness (QED) is 0.807. The van der Waals surface area contributed by atoms with Crippen LogP contribution >= 0.6 is 0 Å². The van der Waals surface area contributed by atoms with Gasteiger partial charge in [-0.2, -0.15) is 0 Å². The standard InChI is InChI=1S/C12H18N4O2/c1-9-14-4-3-10(15-9)7-16-5-6-18-12(2,8-16)11(13)17/h3-4H,5-8H2,1-2H3,(H2,13,17). The molecule has 2 rings (SSSR count). The number of rotatable bonds is 3. The fourth-order valence-electron chi connectivity index (χ4n) is 2.06. The largest absolute Gasteiger partial charge is 0.367 e. The summed E-state index contributed by atoms with van der Waals surface area (Å²) in [5.41, 5.74) is 5.40. The average Bonchev–Trinajstić information content (AvgIpc) is 2.29. The molecule has 18 heavy (non-hydrogen) atoms. The third-order valence-electron chi connectivity index (χ3n) is 3.09. The van der Waals surface area contributed by atoms with E-state index in [1.165, 1.54) is 0 Å². The molecule has 1 aliphatic rings. The molecule has 0 bridgehead atoms. The summed E-state index contributed by atoms with van der Waals surface area (Å²) >= 11 is 0. The first kappa shape index (κ1) is 12.9. The lowest BCUT2D eigenvalue weighted by Gasteiger charge is -2.38. The van der Waals surface area contributed by atoms with E-state index in [4.69, 9.17) is 10.5 Å². The van der Waals surface area contributed by atoms with Gasteiger partial charge in [0, 0.05) is 25.8 Å². The number of nitrogens with zero attached hydrogens (tertiary/aromatic N) is 3. The predicted molar refractivity (Wildman–Crippen MR) is 65.6 cm³/mol. The van der Waals surface area contributed by atoms with Crippen LogP contribution in [0.3, 0.4) is 0 Å². The van der Waals surface area contributed by atoms with Gasteiger partial charge in [0.15, 0.2) is 5.60 Å². The van der Waals surface area contributed by atoms with Crippen LogP contribution in [-0.4, -0.2) is 46.1 Å². The van der Waals surface area contributed by atoms with Crippen molar-refractivity contribution in [1.82, 2.24) is 14.9 Å². The SMILES string of the molecule is Cc1nccc(CN2CCOC(C)(C(N)=O)C2)n1. The van der Waals surface area contributed by atoms with E-state index in [-0.39, 0.29) is 0 Å². The van der Waals surface area contributed by atoms with Gasteiger partial charge >= 0.3 is 0 Å². The third kappa shape index (κ3) is 2.83. The molecular weight excluding hydrogens is 232 g/mol. The third-order valence-corrected chi connectivity index (χ3v) is 3.09. The van der Waals surface area contributed by atoms with E-state index in [9.17, 15) is 4.79 Å². The summed E-state index contributed by atoms with van der Waals surface area (Å²) in [6.07, 6.45) is 1.74. The highest BCUT2D eigenvalue weighted by Crippen LogP contribution is 2.18. The topological polar surface area (TPSA) is 81.3 Å². The molecule has 1 saturated heterocycles. The number of hydrogen-bond donors (Lipinski definition) is 1. The molecule has 1 unspecified atom stereocenters. The van der Waals surface area contributed by atoms with Crippen LogP contribution in [0.2, 0.25) is 0 Å². The number of hydrogen-bond acceptors (Lipinski definition) is 5. The fourth-order valence-corrected chi connectivity index (χ4v) is 2.06. The Morgan fingerprint density at radius 1 is 1.67 bits per heavy atom. The lowest BCUT2D eigenvalue weighted by atomic mass is 10.0. The minimum absolute atomic E-state index is 0.425. The summed E-state index contributed by atoms with van der Waals surface area (Å²) in [6.45, 7) is 6.03. The van der Waals surface area contributed by atoms with Crippen LogP contribution in [0.5, 0.6) is 0 Å². The molecule has 0 spiro atoms. The molecule has 1 aromatic rings. The summed E-state index contributed by atoms with van der Waals surface area (Å²) in [5, 5.41) is 0. The van der Waals surface area contributed by atoms with Crippen LogP contribution in [0, 0.1) is 6.92 Å². The van der Waals surface area contributed by atoms with Gasteiger partial charge in [0.25, 0.3) is 5.91 Å². The maximum absolute atomic E-state index is 11.4. The number of primary amides is 1. The summed E-state index contributed by atoms with van der Waals surface area (Å²) in [4.78, 5) is 21.9. The van der Waals surface area contributed by atoms with Crippen LogP contribution in [-0.2, 0) is 16.1 Å². The van der Waals surface area contributed by atoms with Gasteiger partial charge < -0.3 is 10.5 Å². The molecular formula is C12H18N4O2. The van der Waals surface area contributed by atoms with E-state index >= 15 is 0 Å². The highest BCUT2D eigenvalue weighted by molar-refractivity contribution is 5.83. The zero-order chi connectivity index (χ0) is 13.2. The van der Waals surface area contributed by atoms with Crippen molar-refractivity contribution in [2.45, 2.75) is 26.0 Å². The molecule has 1 atom stereocenters. The van der Waals surface area contributed by atoms with Gasteiger partial charge in [-0.3, -0.25) is 9.69 Å². The van der Waals surface area contributed by atoms with Gasteiger partial charge in [0.1, 0.15) is 5.82 Å². The van der Waals surface area contributed by atoms with Crippen LogP contribution in [0.15, 0.2) is 12.3 Å². The Labute approximate surface area is 106 Å². The first-order valence-corrected chi connectivity index (χ1v) is 5.94. The Bertz CT molecular complexity index is 451. The Morgan fingerprint density at radius 3 is 3.11 bits per heavy atom. The van der Waals surface area contributed by atoms with Gasteiger partial charge in [0.05, 0.1) is 12.3 Å². The summed E-state index contributed by atoms with van der Waals surface area (Å²) in [6, 6.07) is 1.88. The van der Waals surface area contributed by atoms with E-state index in [0.717, 1.165) is 18.1 Å². The van der Waals surface area contributed by atoms with Crippen molar-refractivity contribution in [3.05, 3.63) is 23.8 Å². The molecule has 1 amide bonds. The molecule has 6 nitrogen and oxygen atoms in total. The second-order valence-electron chi connectivity index (χ2n) is 4.75. The highest BCUT2D eigenvalue weighted by Gasteiger charge is 2.37. The number of aryl methyl sites for hydroxylation is 1. The Balaban J connectivity index is 2.04. The molecule has 1 fully saturated rings. The van der Waals surface area contributed by atoms with Crippen LogP contribution in [0.25, 0.3) is 0 Å². The molecule has 0 radical (unpaired) electrons. The number of nitrogens with two attached hydrogens (primary N) is 1. The van der Waals surface area contributed by atoms with E-state index in [0.29, 0.717) is 19.7 Å². The highest BCUT2D eigenvalue weighted by atomic mass is 16.5. The monoisotopic (exact) mass is 250 g/mol. The first-order chi connectivity index (χ1) is 8.49. The van der Waals surface area contributed by atoms with Crippen molar-refractivity contribution in [1.29, 1.82) is 0 Å². The van der Waals surface area contributed by atoms with Crippen molar-refractivity contribution in [3.8, 4) is 0 Å². The Hall–Kier alpha value is -1.53. The van der Waals surface area contributed by atoms with Crippen molar-refractivity contribution in [3.63, 3.8) is 0 Å². The van der Waals surface area contributed by atoms with Gasteiger partial charge in [-0.1, -0.05) is 0 Å². The number of morpholine rings is 1. The minimum Gasteiger partial charge on any atom is -0.367 e. The van der Waals surface area contributed by atoms with E-state index in [2.05, 4.69) is 14.9 Å². The lowest BCUT2D eigenvalue weighted by Crippen LogP contribution is -2.56. The van der Waals surface area contributed by atoms with E-state index < -0.39 is 11.5 Å². The second kappa shape index (κ2) is 4.99. The normalized spacial score (nSPS) is 25.0.